The number of hydrogen-bond acceptors (Lipinski definition) is 3. The Balaban J connectivity index is 3.40. The molecule has 0 N–H and O–H groups in total. The van der Waals surface area contributed by atoms with Crippen LogP contribution in [0.1, 0.15) is 37.7 Å². The normalized spacial score (nSPS) is 14.2. The van der Waals surface area contributed by atoms with E-state index in [0.29, 0.717) is 11.4 Å². The second-order valence-corrected chi connectivity index (χ2v) is 6.14. The van der Waals surface area contributed by atoms with Crippen molar-refractivity contribution in [1.29, 1.82) is 0 Å². The van der Waals surface area contributed by atoms with E-state index in [9.17, 15) is 8.42 Å². The van der Waals surface area contributed by atoms with Gasteiger partial charge in [0.05, 0.1) is 11.4 Å². The molecular weight excluding hydrogens is 236 g/mol. The van der Waals surface area contributed by atoms with Gasteiger partial charge in [-0.2, -0.15) is 5.10 Å². The Labute approximate surface area is 94.7 Å². The average Bonchev–Trinajstić information content (AvgIpc) is 2.39. The first kappa shape index (κ1) is 12.5. The van der Waals surface area contributed by atoms with Crippen LogP contribution in [0.4, 0.5) is 0 Å². The molecule has 0 spiro atoms. The van der Waals surface area contributed by atoms with Crippen LogP contribution in [-0.2, 0) is 9.05 Å². The lowest BCUT2D eigenvalue weighted by Gasteiger charge is -2.11. The van der Waals surface area contributed by atoms with Crippen LogP contribution >= 0.6 is 10.7 Å². The lowest BCUT2D eigenvalue weighted by molar-refractivity contribution is 0.464. The van der Waals surface area contributed by atoms with Gasteiger partial charge in [0, 0.05) is 16.7 Å². The predicted molar refractivity (Wildman–Crippen MR) is 59.7 cm³/mol. The standard InChI is InChI=1S/C9H15ClN2O2S/c1-5-6(2)12-8(4)9(7(3)11-12)15(10,13)14/h6H,5H2,1-4H3. The van der Waals surface area contributed by atoms with E-state index in [0.717, 1.165) is 6.42 Å². The molecule has 0 fully saturated rings. The molecule has 0 aliphatic carbocycles. The van der Waals surface area contributed by atoms with Crippen molar-refractivity contribution in [3.8, 4) is 0 Å². The molecule has 0 radical (unpaired) electrons. The van der Waals surface area contributed by atoms with Gasteiger partial charge in [-0.1, -0.05) is 6.92 Å². The zero-order chi connectivity index (χ0) is 11.8. The van der Waals surface area contributed by atoms with E-state index in [1.54, 1.807) is 18.5 Å². The van der Waals surface area contributed by atoms with Crippen LogP contribution in [0.5, 0.6) is 0 Å². The lowest BCUT2D eigenvalue weighted by Crippen LogP contribution is -2.08. The van der Waals surface area contributed by atoms with E-state index in [2.05, 4.69) is 5.10 Å². The molecule has 1 unspecified atom stereocenters. The van der Waals surface area contributed by atoms with Gasteiger partial charge in [-0.3, -0.25) is 4.68 Å². The first-order valence-electron chi connectivity index (χ1n) is 4.79. The molecule has 0 bridgehead atoms. The summed E-state index contributed by atoms with van der Waals surface area (Å²) >= 11 is 0. The number of halogens is 1. The summed E-state index contributed by atoms with van der Waals surface area (Å²) in [6, 6.07) is 0.177. The van der Waals surface area contributed by atoms with Gasteiger partial charge in [0.2, 0.25) is 0 Å². The maximum absolute atomic E-state index is 11.3. The molecule has 0 saturated carbocycles. The van der Waals surface area contributed by atoms with Gasteiger partial charge < -0.3 is 0 Å². The molecule has 0 amide bonds. The Morgan fingerprint density at radius 1 is 1.47 bits per heavy atom. The van der Waals surface area contributed by atoms with Gasteiger partial charge in [0.25, 0.3) is 9.05 Å². The van der Waals surface area contributed by atoms with Crippen molar-refractivity contribution in [1.82, 2.24) is 9.78 Å². The summed E-state index contributed by atoms with van der Waals surface area (Å²) in [5.74, 6) is 0. The minimum atomic E-state index is -3.70. The van der Waals surface area contributed by atoms with Crippen molar-refractivity contribution in [3.05, 3.63) is 11.4 Å². The zero-order valence-corrected chi connectivity index (χ0v) is 10.9. The summed E-state index contributed by atoms with van der Waals surface area (Å²) in [4.78, 5) is 0.143. The van der Waals surface area contributed by atoms with E-state index in [4.69, 9.17) is 10.7 Å². The third-order valence-electron chi connectivity index (χ3n) is 2.51. The maximum Gasteiger partial charge on any atom is 0.264 e. The Kier molecular flexibility index (Phi) is 3.45. The fraction of sp³-hybridized carbons (Fsp3) is 0.667. The highest BCUT2D eigenvalue weighted by atomic mass is 35.7. The largest absolute Gasteiger partial charge is 0.265 e. The summed E-state index contributed by atoms with van der Waals surface area (Å²) in [5.41, 5.74) is 1.07. The molecule has 86 valence electrons. The molecule has 6 heteroatoms. The fourth-order valence-corrected chi connectivity index (χ4v) is 3.11. The fourth-order valence-electron chi connectivity index (χ4n) is 1.60. The summed E-state index contributed by atoms with van der Waals surface area (Å²) in [5, 5.41) is 4.20. The minimum Gasteiger partial charge on any atom is -0.265 e. The summed E-state index contributed by atoms with van der Waals surface area (Å²) in [6.07, 6.45) is 0.893. The molecule has 0 aromatic carbocycles. The second-order valence-electron chi connectivity index (χ2n) is 3.64. The highest BCUT2D eigenvalue weighted by Crippen LogP contribution is 2.25. The molecule has 4 nitrogen and oxygen atoms in total. The number of rotatable bonds is 3. The van der Waals surface area contributed by atoms with Crippen LogP contribution in [-0.4, -0.2) is 18.2 Å². The van der Waals surface area contributed by atoms with Gasteiger partial charge in [0.1, 0.15) is 4.90 Å². The van der Waals surface area contributed by atoms with E-state index in [1.165, 1.54) is 0 Å². The van der Waals surface area contributed by atoms with Gasteiger partial charge in [-0.15, -0.1) is 0 Å². The van der Waals surface area contributed by atoms with Crippen molar-refractivity contribution in [2.24, 2.45) is 0 Å². The van der Waals surface area contributed by atoms with Crippen molar-refractivity contribution in [3.63, 3.8) is 0 Å². The molecule has 1 rings (SSSR count). The zero-order valence-electron chi connectivity index (χ0n) is 9.28. The van der Waals surface area contributed by atoms with E-state index < -0.39 is 9.05 Å². The monoisotopic (exact) mass is 250 g/mol. The predicted octanol–water partition coefficient (Wildman–Crippen LogP) is 2.40. The molecule has 1 aromatic rings. The number of aromatic nitrogens is 2. The highest BCUT2D eigenvalue weighted by Gasteiger charge is 2.23. The van der Waals surface area contributed by atoms with Crippen LogP contribution in [0.25, 0.3) is 0 Å². The summed E-state index contributed by atoms with van der Waals surface area (Å²) in [7, 11) is 1.65. The molecular formula is C9H15ClN2O2S. The number of hydrogen-bond donors (Lipinski definition) is 0. The van der Waals surface area contributed by atoms with Crippen molar-refractivity contribution >= 4 is 19.7 Å². The van der Waals surface area contributed by atoms with Gasteiger partial charge in [-0.25, -0.2) is 8.42 Å². The smallest absolute Gasteiger partial charge is 0.264 e. The average molecular weight is 251 g/mol. The Morgan fingerprint density at radius 2 is 2.00 bits per heavy atom. The lowest BCUT2D eigenvalue weighted by atomic mass is 10.2. The molecule has 0 saturated heterocycles. The van der Waals surface area contributed by atoms with E-state index in [-0.39, 0.29) is 10.9 Å². The van der Waals surface area contributed by atoms with Crippen molar-refractivity contribution < 1.29 is 8.42 Å². The molecule has 0 aliphatic rings. The number of nitrogens with zero attached hydrogens (tertiary/aromatic N) is 2. The molecule has 1 heterocycles. The Morgan fingerprint density at radius 3 is 2.33 bits per heavy atom. The van der Waals surface area contributed by atoms with Gasteiger partial charge >= 0.3 is 0 Å². The Bertz CT molecular complexity index is 465. The number of aryl methyl sites for hydroxylation is 1. The maximum atomic E-state index is 11.3. The van der Waals surface area contributed by atoms with Crippen molar-refractivity contribution in [2.45, 2.75) is 45.1 Å². The van der Waals surface area contributed by atoms with Crippen molar-refractivity contribution in [2.75, 3.05) is 0 Å². The van der Waals surface area contributed by atoms with Crippen LogP contribution in [0.2, 0.25) is 0 Å². The van der Waals surface area contributed by atoms with Crippen LogP contribution in [0, 0.1) is 13.8 Å². The summed E-state index contributed by atoms with van der Waals surface area (Å²) in [6.45, 7) is 7.39. The second kappa shape index (κ2) is 4.14. The van der Waals surface area contributed by atoms with E-state index in [1.807, 2.05) is 13.8 Å². The third kappa shape index (κ3) is 2.34. The highest BCUT2D eigenvalue weighted by molar-refractivity contribution is 8.13. The summed E-state index contributed by atoms with van der Waals surface area (Å²) < 4.78 is 24.3. The molecule has 0 aliphatic heterocycles. The molecule has 15 heavy (non-hydrogen) atoms. The third-order valence-corrected chi connectivity index (χ3v) is 4.05. The first-order chi connectivity index (χ1) is 6.79. The van der Waals surface area contributed by atoms with Crippen LogP contribution < -0.4 is 0 Å². The topological polar surface area (TPSA) is 52.0 Å². The minimum absolute atomic E-state index is 0.143. The molecule has 1 aromatic heterocycles. The van der Waals surface area contributed by atoms with Crippen LogP contribution in [0.15, 0.2) is 4.90 Å². The SMILES string of the molecule is CCC(C)n1nc(C)c(S(=O)(=O)Cl)c1C. The Hall–Kier alpha value is -0.550. The molecule has 1 atom stereocenters. The van der Waals surface area contributed by atoms with Crippen LogP contribution in [0.3, 0.4) is 0 Å². The first-order valence-corrected chi connectivity index (χ1v) is 7.10. The van der Waals surface area contributed by atoms with Gasteiger partial charge in [0.15, 0.2) is 0 Å². The van der Waals surface area contributed by atoms with E-state index >= 15 is 0 Å². The quantitative estimate of drug-likeness (QED) is 0.774. The van der Waals surface area contributed by atoms with Gasteiger partial charge in [-0.05, 0) is 27.2 Å².